The summed E-state index contributed by atoms with van der Waals surface area (Å²) < 4.78 is 21.0. The van der Waals surface area contributed by atoms with Gasteiger partial charge in [0.1, 0.15) is 5.82 Å². The molecule has 10 heteroatoms. The van der Waals surface area contributed by atoms with Gasteiger partial charge in [-0.05, 0) is 56.2 Å². The van der Waals surface area contributed by atoms with E-state index >= 15 is 0 Å². The van der Waals surface area contributed by atoms with Crippen molar-refractivity contribution in [2.45, 2.75) is 58.7 Å². The topological polar surface area (TPSA) is 79.6 Å². The molecule has 1 unspecified atom stereocenters. The highest BCUT2D eigenvalue weighted by Crippen LogP contribution is 2.24. The van der Waals surface area contributed by atoms with E-state index in [1.54, 1.807) is 20.1 Å². The van der Waals surface area contributed by atoms with Gasteiger partial charge >= 0.3 is 0 Å². The molecule has 1 aromatic heterocycles. The summed E-state index contributed by atoms with van der Waals surface area (Å²) in [6, 6.07) is 4.43. The molecule has 1 amide bonds. The summed E-state index contributed by atoms with van der Waals surface area (Å²) in [6.45, 7) is 9.21. The van der Waals surface area contributed by atoms with Crippen LogP contribution in [0.1, 0.15) is 50.7 Å². The molecule has 0 radical (unpaired) electrons. The first-order valence-electron chi connectivity index (χ1n) is 11.7. The Morgan fingerprint density at radius 2 is 2.03 bits per heavy atom. The van der Waals surface area contributed by atoms with Crippen LogP contribution in [0.2, 0.25) is 0 Å². The Labute approximate surface area is 214 Å². The number of nitrogens with zero attached hydrogens (tertiary/aromatic N) is 3. The summed E-state index contributed by atoms with van der Waals surface area (Å²) in [5, 5.41) is 13.5. The predicted octanol–water partition coefficient (Wildman–Crippen LogP) is 3.90. The van der Waals surface area contributed by atoms with Crippen LogP contribution in [-0.4, -0.2) is 71.0 Å². The van der Waals surface area contributed by atoms with Crippen LogP contribution < -0.4 is 5.32 Å². The number of piperidine rings is 1. The minimum atomic E-state index is -0.436. The van der Waals surface area contributed by atoms with Crippen LogP contribution in [0.4, 0.5) is 4.39 Å². The average molecular weight is 522 g/mol. The molecule has 3 atom stereocenters. The minimum Gasteiger partial charge on any atom is -0.393 e. The summed E-state index contributed by atoms with van der Waals surface area (Å²) in [4.78, 5) is 20.4. The zero-order chi connectivity index (χ0) is 23.3. The summed E-state index contributed by atoms with van der Waals surface area (Å²) in [5.41, 5.74) is 1.26. The van der Waals surface area contributed by atoms with E-state index in [2.05, 4.69) is 24.1 Å². The monoisotopic (exact) mass is 520 g/mol. The summed E-state index contributed by atoms with van der Waals surface area (Å²) in [5.74, 6) is 0.244. The van der Waals surface area contributed by atoms with Crippen LogP contribution in [-0.2, 0) is 11.3 Å². The molecule has 1 saturated heterocycles. The zero-order valence-electron chi connectivity index (χ0n) is 20.5. The third kappa shape index (κ3) is 7.52. The molecule has 2 N–H and O–H groups in total. The number of methoxy groups -OCH3 is 1. The van der Waals surface area contributed by atoms with Gasteiger partial charge in [0.05, 0.1) is 17.1 Å². The van der Waals surface area contributed by atoms with Crippen molar-refractivity contribution >= 4 is 41.8 Å². The molecule has 1 aliphatic heterocycles. The summed E-state index contributed by atoms with van der Waals surface area (Å²) >= 11 is 0. The molecule has 0 saturated carbocycles. The Balaban J connectivity index is 0.00000289. The van der Waals surface area contributed by atoms with E-state index in [0.717, 1.165) is 25.8 Å². The molecule has 0 bridgehead atoms. The van der Waals surface area contributed by atoms with Gasteiger partial charge in [0, 0.05) is 45.9 Å². The van der Waals surface area contributed by atoms with Gasteiger partial charge in [-0.2, -0.15) is 0 Å². The minimum absolute atomic E-state index is 0. The van der Waals surface area contributed by atoms with Crippen molar-refractivity contribution in [3.05, 3.63) is 29.8 Å². The Kier molecular flexibility index (Phi) is 12.8. The fraction of sp³-hybridized carbons (Fsp3) is 0.667. The normalized spacial score (nSPS) is 18.9. The number of aliphatic hydroxyl groups excluding tert-OH is 1. The van der Waals surface area contributed by atoms with Crippen molar-refractivity contribution < 1.29 is 19.0 Å². The first-order valence-corrected chi connectivity index (χ1v) is 11.7. The van der Waals surface area contributed by atoms with Crippen molar-refractivity contribution in [2.75, 3.05) is 33.4 Å². The highest BCUT2D eigenvalue weighted by atomic mass is 35.5. The Morgan fingerprint density at radius 3 is 2.68 bits per heavy atom. The zero-order valence-corrected chi connectivity index (χ0v) is 22.1. The maximum Gasteiger partial charge on any atom is 0.290 e. The van der Waals surface area contributed by atoms with Crippen molar-refractivity contribution in [1.82, 2.24) is 19.8 Å². The fourth-order valence-electron chi connectivity index (χ4n) is 4.48. The molecule has 7 nitrogen and oxygen atoms in total. The molecule has 1 fully saturated rings. The number of unbranched alkanes of at least 4 members (excludes halogenated alkanes) is 1. The Bertz CT molecular complexity index is 910. The van der Waals surface area contributed by atoms with Crippen LogP contribution in [0.25, 0.3) is 11.0 Å². The lowest BCUT2D eigenvalue weighted by atomic mass is 9.90. The third-order valence-electron chi connectivity index (χ3n) is 6.19. The number of carbonyl (C=O) groups excluding carboxylic acids is 1. The van der Waals surface area contributed by atoms with Crippen LogP contribution in [0.3, 0.4) is 0 Å². The second kappa shape index (κ2) is 14.2. The molecule has 1 aliphatic rings. The fourth-order valence-corrected chi connectivity index (χ4v) is 4.48. The quantitative estimate of drug-likeness (QED) is 0.464. The van der Waals surface area contributed by atoms with Gasteiger partial charge in [-0.1, -0.05) is 13.8 Å². The molecule has 0 spiro atoms. The first-order chi connectivity index (χ1) is 15.3. The Hall–Kier alpha value is -1.45. The highest BCUT2D eigenvalue weighted by molar-refractivity contribution is 5.95. The van der Waals surface area contributed by atoms with E-state index in [4.69, 9.17) is 4.74 Å². The number of aliphatic hydroxyl groups is 1. The smallest absolute Gasteiger partial charge is 0.290 e. The van der Waals surface area contributed by atoms with Crippen LogP contribution in [0.15, 0.2) is 18.2 Å². The van der Waals surface area contributed by atoms with Crippen LogP contribution >= 0.6 is 24.8 Å². The average Bonchev–Trinajstić information content (AvgIpc) is 3.12. The van der Waals surface area contributed by atoms with E-state index in [0.29, 0.717) is 43.1 Å². The number of amides is 1. The van der Waals surface area contributed by atoms with Gasteiger partial charge in [-0.3, -0.25) is 4.79 Å². The lowest BCUT2D eigenvalue weighted by Crippen LogP contribution is -2.54. The predicted molar refractivity (Wildman–Crippen MR) is 138 cm³/mol. The lowest BCUT2D eigenvalue weighted by molar-refractivity contribution is 0.0435. The molecule has 2 aromatic rings. The summed E-state index contributed by atoms with van der Waals surface area (Å²) in [6.07, 6.45) is 1.95. The van der Waals surface area contributed by atoms with Gasteiger partial charge in [0.25, 0.3) is 5.91 Å². The molecule has 1 aromatic carbocycles. The number of hydrogen-bond donors (Lipinski definition) is 2. The second-order valence-corrected chi connectivity index (χ2v) is 9.32. The molecule has 2 heterocycles. The van der Waals surface area contributed by atoms with E-state index < -0.39 is 6.10 Å². The van der Waals surface area contributed by atoms with Crippen molar-refractivity contribution in [3.63, 3.8) is 0 Å². The van der Waals surface area contributed by atoms with Gasteiger partial charge in [0.2, 0.25) is 0 Å². The van der Waals surface area contributed by atoms with Gasteiger partial charge in [0.15, 0.2) is 5.82 Å². The number of ether oxygens (including phenoxy) is 1. The molecule has 34 heavy (non-hydrogen) atoms. The van der Waals surface area contributed by atoms with E-state index in [1.807, 2.05) is 9.47 Å². The molecular formula is C24H39Cl2FN4O3. The third-order valence-corrected chi connectivity index (χ3v) is 6.19. The van der Waals surface area contributed by atoms with Crippen molar-refractivity contribution in [1.29, 1.82) is 0 Å². The number of nitrogens with one attached hydrogen (secondary N) is 1. The number of rotatable bonds is 10. The van der Waals surface area contributed by atoms with Crippen LogP contribution in [0, 0.1) is 17.7 Å². The van der Waals surface area contributed by atoms with E-state index in [9.17, 15) is 14.3 Å². The second-order valence-electron chi connectivity index (χ2n) is 9.32. The maximum atomic E-state index is 14.0. The number of hydrogen-bond acceptors (Lipinski definition) is 5. The molecule has 3 rings (SSSR count). The summed E-state index contributed by atoms with van der Waals surface area (Å²) in [7, 11) is 1.67. The number of halogens is 3. The number of aromatic nitrogens is 2. The van der Waals surface area contributed by atoms with Crippen molar-refractivity contribution in [2.24, 2.45) is 11.8 Å². The number of imidazole rings is 1. The number of carbonyl (C=O) groups is 1. The van der Waals surface area contributed by atoms with Gasteiger partial charge in [-0.15, -0.1) is 24.8 Å². The van der Waals surface area contributed by atoms with E-state index in [1.165, 1.54) is 12.1 Å². The van der Waals surface area contributed by atoms with E-state index in [-0.39, 0.29) is 54.4 Å². The first kappa shape index (κ1) is 30.6. The molecule has 194 valence electrons. The Morgan fingerprint density at radius 1 is 1.29 bits per heavy atom. The standard InChI is InChI=1S/C24H37FN4O3.2ClH/c1-16(2)15-29(20-11-18(17(3)30)13-26-14-20)24(31)23-27-21-8-7-19(25)12-22(21)28(23)9-5-6-10-32-4;;/h7-8,12,16-18,20,26,30H,5-6,9-11,13-15H2,1-4H3;2*1H/t17?,18-,20+;;/m1../s1. The van der Waals surface area contributed by atoms with Crippen molar-refractivity contribution in [3.8, 4) is 0 Å². The highest BCUT2D eigenvalue weighted by Gasteiger charge is 2.34. The lowest BCUT2D eigenvalue weighted by Gasteiger charge is -2.39. The van der Waals surface area contributed by atoms with Gasteiger partial charge in [-0.25, -0.2) is 9.37 Å². The largest absolute Gasteiger partial charge is 0.393 e. The SMILES string of the molecule is COCCCCn1c(C(=O)N(CC(C)C)[C@@H]2CNC[C@H](C(C)O)C2)nc2ccc(F)cc21.Cl.Cl. The molecule has 0 aliphatic carbocycles. The number of fused-ring (bicyclic) bond motifs is 1. The number of benzene rings is 1. The maximum absolute atomic E-state index is 14.0. The van der Waals surface area contributed by atoms with Crippen LogP contribution in [0.5, 0.6) is 0 Å². The van der Waals surface area contributed by atoms with Gasteiger partial charge < -0.3 is 24.6 Å². The molecular weight excluding hydrogens is 482 g/mol. The number of aryl methyl sites for hydroxylation is 1.